The number of aromatic nitrogens is 3. The van der Waals surface area contributed by atoms with Crippen molar-refractivity contribution in [2.75, 3.05) is 5.32 Å². The fourth-order valence-electron chi connectivity index (χ4n) is 2.61. The molecule has 6 heteroatoms. The molecule has 0 atom stereocenters. The Labute approximate surface area is 142 Å². The van der Waals surface area contributed by atoms with Crippen LogP contribution >= 0.6 is 0 Å². The number of pyridine rings is 1. The number of hydrogen-bond donors (Lipinski definition) is 2. The molecule has 1 amide bonds. The van der Waals surface area contributed by atoms with Gasteiger partial charge in [-0.15, -0.1) is 0 Å². The number of rotatable bonds is 3. The Kier molecular flexibility index (Phi) is 3.70. The third-order valence-corrected chi connectivity index (χ3v) is 3.85. The van der Waals surface area contributed by atoms with Crippen LogP contribution in [-0.2, 0) is 0 Å². The highest BCUT2D eigenvalue weighted by atomic mass is 19.1. The first-order valence-corrected chi connectivity index (χ1v) is 7.67. The summed E-state index contributed by atoms with van der Waals surface area (Å²) in [5.41, 5.74) is 2.73. The topological polar surface area (TPSA) is 70.7 Å². The molecule has 4 rings (SSSR count). The van der Waals surface area contributed by atoms with Gasteiger partial charge in [-0.3, -0.25) is 9.89 Å². The van der Waals surface area contributed by atoms with Gasteiger partial charge in [-0.2, -0.15) is 5.10 Å². The van der Waals surface area contributed by atoms with Crippen molar-refractivity contribution in [3.63, 3.8) is 0 Å². The molecule has 4 aromatic rings. The van der Waals surface area contributed by atoms with Gasteiger partial charge in [0.1, 0.15) is 11.6 Å². The zero-order valence-corrected chi connectivity index (χ0v) is 13.0. The van der Waals surface area contributed by atoms with E-state index in [4.69, 9.17) is 0 Å². The van der Waals surface area contributed by atoms with E-state index in [0.717, 1.165) is 16.5 Å². The minimum absolute atomic E-state index is 0.258. The van der Waals surface area contributed by atoms with E-state index in [2.05, 4.69) is 20.5 Å². The highest BCUT2D eigenvalue weighted by Crippen LogP contribution is 2.27. The van der Waals surface area contributed by atoms with Crippen LogP contribution in [0.3, 0.4) is 0 Å². The lowest BCUT2D eigenvalue weighted by Gasteiger charge is -2.05. The van der Waals surface area contributed by atoms with Crippen molar-refractivity contribution in [3.05, 3.63) is 78.2 Å². The molecule has 0 saturated carbocycles. The lowest BCUT2D eigenvalue weighted by molar-refractivity contribution is 0.102. The van der Waals surface area contributed by atoms with E-state index in [1.165, 1.54) is 12.1 Å². The number of nitrogens with one attached hydrogen (secondary N) is 2. The second kappa shape index (κ2) is 6.16. The Morgan fingerprint density at radius 1 is 1.04 bits per heavy atom. The maximum Gasteiger partial charge on any atom is 0.256 e. The maximum absolute atomic E-state index is 13.1. The summed E-state index contributed by atoms with van der Waals surface area (Å²) in [6.45, 7) is 0. The maximum atomic E-state index is 13.1. The number of fused-ring (bicyclic) bond motifs is 1. The first-order chi connectivity index (χ1) is 12.2. The molecule has 0 spiro atoms. The van der Waals surface area contributed by atoms with Crippen molar-refractivity contribution in [2.45, 2.75) is 0 Å². The number of halogens is 1. The van der Waals surface area contributed by atoms with Gasteiger partial charge in [0.15, 0.2) is 0 Å². The molecule has 25 heavy (non-hydrogen) atoms. The van der Waals surface area contributed by atoms with Gasteiger partial charge in [-0.05, 0) is 54.6 Å². The molecule has 0 aliphatic rings. The summed E-state index contributed by atoms with van der Waals surface area (Å²) in [6.07, 6.45) is 1.61. The molecule has 2 aromatic heterocycles. The summed E-state index contributed by atoms with van der Waals surface area (Å²) in [6, 6.07) is 16.7. The lowest BCUT2D eigenvalue weighted by atomic mass is 10.1. The van der Waals surface area contributed by atoms with Gasteiger partial charge in [-0.25, -0.2) is 9.37 Å². The van der Waals surface area contributed by atoms with Crippen molar-refractivity contribution in [3.8, 4) is 11.3 Å². The van der Waals surface area contributed by atoms with Crippen LogP contribution in [0.4, 0.5) is 10.2 Å². The van der Waals surface area contributed by atoms with Gasteiger partial charge in [0.2, 0.25) is 0 Å². The molecule has 0 radical (unpaired) electrons. The predicted molar refractivity (Wildman–Crippen MR) is 93.7 cm³/mol. The molecule has 2 aromatic carbocycles. The Bertz CT molecular complexity index is 1040. The number of amides is 1. The minimum Gasteiger partial charge on any atom is -0.307 e. The normalized spacial score (nSPS) is 10.8. The standard InChI is InChI=1S/C19H13FN4O/c20-14-7-4-12(5-8-14)18-15-11-13(6-9-16(15)23-24-18)19(25)22-17-3-1-2-10-21-17/h1-11H,(H,23,24)(H,21,22,25). The molecule has 5 nitrogen and oxygen atoms in total. The number of H-pyrrole nitrogens is 1. The molecule has 0 saturated heterocycles. The second-order valence-electron chi connectivity index (χ2n) is 5.51. The van der Waals surface area contributed by atoms with Crippen LogP contribution in [0.5, 0.6) is 0 Å². The first-order valence-electron chi connectivity index (χ1n) is 7.67. The van der Waals surface area contributed by atoms with Gasteiger partial charge in [0.25, 0.3) is 5.91 Å². The summed E-state index contributed by atoms with van der Waals surface area (Å²) < 4.78 is 13.1. The summed E-state index contributed by atoms with van der Waals surface area (Å²) in [7, 11) is 0. The quantitative estimate of drug-likeness (QED) is 0.595. The van der Waals surface area contributed by atoms with Crippen molar-refractivity contribution >= 4 is 22.6 Å². The van der Waals surface area contributed by atoms with Gasteiger partial charge >= 0.3 is 0 Å². The largest absolute Gasteiger partial charge is 0.307 e. The van der Waals surface area contributed by atoms with Crippen LogP contribution < -0.4 is 5.32 Å². The van der Waals surface area contributed by atoms with Crippen LogP contribution in [0.15, 0.2) is 66.9 Å². The van der Waals surface area contributed by atoms with Gasteiger partial charge in [-0.1, -0.05) is 6.07 Å². The molecule has 0 aliphatic carbocycles. The van der Waals surface area contributed by atoms with Crippen LogP contribution in [0, 0.1) is 5.82 Å². The second-order valence-corrected chi connectivity index (χ2v) is 5.51. The Morgan fingerprint density at radius 3 is 2.64 bits per heavy atom. The van der Waals surface area contributed by atoms with E-state index in [9.17, 15) is 9.18 Å². The molecule has 2 heterocycles. The average molecular weight is 332 g/mol. The van der Waals surface area contributed by atoms with E-state index in [1.54, 1.807) is 54.7 Å². The number of carbonyl (C=O) groups is 1. The zero-order chi connectivity index (χ0) is 17.2. The molecular weight excluding hydrogens is 319 g/mol. The Hall–Kier alpha value is -3.54. The number of anilines is 1. The minimum atomic E-state index is -0.306. The van der Waals surface area contributed by atoms with Crippen LogP contribution in [0.1, 0.15) is 10.4 Å². The van der Waals surface area contributed by atoms with E-state index >= 15 is 0 Å². The van der Waals surface area contributed by atoms with Crippen LogP contribution in [-0.4, -0.2) is 21.1 Å². The molecule has 0 bridgehead atoms. The third kappa shape index (κ3) is 2.97. The van der Waals surface area contributed by atoms with Crippen molar-refractivity contribution in [1.29, 1.82) is 0 Å². The first kappa shape index (κ1) is 15.0. The van der Waals surface area contributed by atoms with Crippen molar-refractivity contribution in [1.82, 2.24) is 15.2 Å². The summed E-state index contributed by atoms with van der Waals surface area (Å²) >= 11 is 0. The van der Waals surface area contributed by atoms with Crippen LogP contribution in [0.2, 0.25) is 0 Å². The molecule has 122 valence electrons. The lowest BCUT2D eigenvalue weighted by Crippen LogP contribution is -2.12. The third-order valence-electron chi connectivity index (χ3n) is 3.85. The Balaban J connectivity index is 1.71. The smallest absolute Gasteiger partial charge is 0.256 e. The molecule has 0 aliphatic heterocycles. The molecular formula is C19H13FN4O. The van der Waals surface area contributed by atoms with Crippen molar-refractivity contribution in [2.24, 2.45) is 0 Å². The molecule has 0 fully saturated rings. The number of nitrogens with zero attached hydrogens (tertiary/aromatic N) is 2. The fourth-order valence-corrected chi connectivity index (χ4v) is 2.61. The molecule has 0 unspecified atom stereocenters. The SMILES string of the molecule is O=C(Nc1ccccn1)c1ccc2[nH]nc(-c3ccc(F)cc3)c2c1. The predicted octanol–water partition coefficient (Wildman–Crippen LogP) is 4.02. The van der Waals surface area contributed by atoms with Crippen molar-refractivity contribution < 1.29 is 9.18 Å². The number of carbonyl (C=O) groups excluding carboxylic acids is 1. The van der Waals surface area contributed by atoms with E-state index in [1.807, 2.05) is 0 Å². The number of hydrogen-bond acceptors (Lipinski definition) is 3. The number of aromatic amines is 1. The van der Waals surface area contributed by atoms with E-state index in [0.29, 0.717) is 17.1 Å². The van der Waals surface area contributed by atoms with Gasteiger partial charge < -0.3 is 5.32 Å². The van der Waals surface area contributed by atoms with E-state index < -0.39 is 0 Å². The van der Waals surface area contributed by atoms with Crippen LogP contribution in [0.25, 0.3) is 22.2 Å². The summed E-state index contributed by atoms with van der Waals surface area (Å²) in [5, 5.41) is 10.8. The van der Waals surface area contributed by atoms with E-state index in [-0.39, 0.29) is 11.7 Å². The number of benzene rings is 2. The summed E-state index contributed by atoms with van der Waals surface area (Å²) in [5.74, 6) is -0.0792. The highest BCUT2D eigenvalue weighted by molar-refractivity contribution is 6.07. The van der Waals surface area contributed by atoms with Gasteiger partial charge in [0, 0.05) is 22.7 Å². The highest BCUT2D eigenvalue weighted by Gasteiger charge is 2.12. The molecule has 2 N–H and O–H groups in total. The Morgan fingerprint density at radius 2 is 1.88 bits per heavy atom. The zero-order valence-electron chi connectivity index (χ0n) is 13.0. The monoisotopic (exact) mass is 332 g/mol. The summed E-state index contributed by atoms with van der Waals surface area (Å²) in [4.78, 5) is 16.5. The fraction of sp³-hybridized carbons (Fsp3) is 0. The average Bonchev–Trinajstić information content (AvgIpc) is 3.06. The van der Waals surface area contributed by atoms with Gasteiger partial charge in [0.05, 0.1) is 11.2 Å².